The van der Waals surface area contributed by atoms with Crippen molar-refractivity contribution in [3.05, 3.63) is 53.9 Å². The van der Waals surface area contributed by atoms with Gasteiger partial charge in [0.25, 0.3) is 5.91 Å². The molecule has 0 atom stereocenters. The van der Waals surface area contributed by atoms with E-state index in [4.69, 9.17) is 4.42 Å². The molecule has 2 aromatic carbocycles. The van der Waals surface area contributed by atoms with E-state index in [-0.39, 0.29) is 22.2 Å². The lowest BCUT2D eigenvalue weighted by molar-refractivity contribution is -0.0328. The smallest absolute Gasteiger partial charge is 0.441 e. The Balaban J connectivity index is 1.73. The molecule has 0 saturated heterocycles. The summed E-state index contributed by atoms with van der Waals surface area (Å²) >= 11 is -0.222. The Labute approximate surface area is 139 Å². The number of hydrogen-bond acceptors (Lipinski definition) is 4. The Morgan fingerprint density at radius 3 is 2.54 bits per heavy atom. The van der Waals surface area contributed by atoms with Crippen molar-refractivity contribution in [3.63, 3.8) is 0 Å². The molecule has 1 N–H and O–H groups in total. The lowest BCUT2D eigenvalue weighted by Crippen LogP contribution is -2.11. The molecule has 0 radical (unpaired) electrons. The third-order valence-corrected chi connectivity index (χ3v) is 3.84. The quantitative estimate of drug-likeness (QED) is 0.674. The number of thioether (sulfide) groups is 1. The number of carbonyl (C=O) groups is 1. The molecule has 0 saturated carbocycles. The molecule has 1 heterocycles. The lowest BCUT2D eigenvalue weighted by atomic mass is 10.2. The van der Waals surface area contributed by atoms with Gasteiger partial charge in [0.1, 0.15) is 5.52 Å². The standard InChI is InChI=1S/C16H11F3N2O2S/c1-9-20-13-8-11(4-7-14(13)23-9)21-15(22)10-2-5-12(6-3-10)24-16(17,18)19/h2-8H,1H3,(H,21,22). The molecule has 0 fully saturated rings. The lowest BCUT2D eigenvalue weighted by Gasteiger charge is -2.07. The highest BCUT2D eigenvalue weighted by Gasteiger charge is 2.29. The monoisotopic (exact) mass is 352 g/mol. The largest absolute Gasteiger partial charge is 0.446 e. The van der Waals surface area contributed by atoms with E-state index in [9.17, 15) is 18.0 Å². The van der Waals surface area contributed by atoms with Crippen molar-refractivity contribution in [3.8, 4) is 0 Å². The van der Waals surface area contributed by atoms with Gasteiger partial charge in [0.2, 0.25) is 0 Å². The van der Waals surface area contributed by atoms with Crippen molar-refractivity contribution in [1.82, 2.24) is 4.98 Å². The fraction of sp³-hybridized carbons (Fsp3) is 0.125. The molecule has 1 amide bonds. The maximum absolute atomic E-state index is 12.3. The molecule has 0 aliphatic heterocycles. The van der Waals surface area contributed by atoms with E-state index >= 15 is 0 Å². The number of alkyl halides is 3. The molecule has 3 aromatic rings. The number of anilines is 1. The van der Waals surface area contributed by atoms with Crippen LogP contribution in [0.25, 0.3) is 11.1 Å². The molecule has 24 heavy (non-hydrogen) atoms. The number of aryl methyl sites for hydroxylation is 1. The van der Waals surface area contributed by atoms with Crippen molar-refractivity contribution >= 4 is 34.5 Å². The number of rotatable bonds is 3. The molecule has 0 spiro atoms. The maximum atomic E-state index is 12.3. The zero-order chi connectivity index (χ0) is 17.3. The highest BCUT2D eigenvalue weighted by Crippen LogP contribution is 2.36. The van der Waals surface area contributed by atoms with Gasteiger partial charge in [-0.05, 0) is 54.2 Å². The van der Waals surface area contributed by atoms with Crippen LogP contribution in [0, 0.1) is 6.92 Å². The Morgan fingerprint density at radius 1 is 1.17 bits per heavy atom. The van der Waals surface area contributed by atoms with Crippen molar-refractivity contribution in [2.45, 2.75) is 17.3 Å². The van der Waals surface area contributed by atoms with Crippen molar-refractivity contribution in [2.24, 2.45) is 0 Å². The molecule has 3 rings (SSSR count). The summed E-state index contributed by atoms with van der Waals surface area (Å²) in [6, 6.07) is 10.2. The van der Waals surface area contributed by atoms with Crippen LogP contribution < -0.4 is 5.32 Å². The van der Waals surface area contributed by atoms with Gasteiger partial charge in [0.15, 0.2) is 11.5 Å². The Morgan fingerprint density at radius 2 is 1.88 bits per heavy atom. The molecule has 124 valence electrons. The average Bonchev–Trinajstić information content (AvgIpc) is 2.85. The van der Waals surface area contributed by atoms with Crippen LogP contribution in [-0.2, 0) is 0 Å². The summed E-state index contributed by atoms with van der Waals surface area (Å²) in [5.74, 6) is 0.101. The summed E-state index contributed by atoms with van der Waals surface area (Å²) in [7, 11) is 0. The van der Waals surface area contributed by atoms with Crippen LogP contribution in [0.3, 0.4) is 0 Å². The normalized spacial score (nSPS) is 11.7. The number of carbonyl (C=O) groups excluding carboxylic acids is 1. The highest BCUT2D eigenvalue weighted by molar-refractivity contribution is 8.00. The van der Waals surface area contributed by atoms with Crippen molar-refractivity contribution in [1.29, 1.82) is 0 Å². The van der Waals surface area contributed by atoms with E-state index < -0.39 is 11.4 Å². The van der Waals surface area contributed by atoms with E-state index in [1.807, 2.05) is 0 Å². The third-order valence-electron chi connectivity index (χ3n) is 3.10. The van der Waals surface area contributed by atoms with Crippen LogP contribution in [-0.4, -0.2) is 16.4 Å². The minimum Gasteiger partial charge on any atom is -0.441 e. The number of nitrogens with one attached hydrogen (secondary N) is 1. The number of benzene rings is 2. The van der Waals surface area contributed by atoms with E-state index in [1.54, 1.807) is 25.1 Å². The van der Waals surface area contributed by atoms with Gasteiger partial charge in [-0.25, -0.2) is 4.98 Å². The first kappa shape index (κ1) is 16.4. The average molecular weight is 352 g/mol. The van der Waals surface area contributed by atoms with Crippen LogP contribution in [0.15, 0.2) is 51.8 Å². The Hall–Kier alpha value is -2.48. The molecule has 8 heteroatoms. The van der Waals surface area contributed by atoms with Crippen LogP contribution in [0.1, 0.15) is 16.2 Å². The Kier molecular flexibility index (Phi) is 4.23. The van der Waals surface area contributed by atoms with Crippen molar-refractivity contribution < 1.29 is 22.4 Å². The van der Waals surface area contributed by atoms with E-state index in [1.165, 1.54) is 24.3 Å². The molecule has 0 aliphatic rings. The fourth-order valence-corrected chi connectivity index (χ4v) is 2.67. The van der Waals surface area contributed by atoms with Gasteiger partial charge in [0, 0.05) is 23.1 Å². The summed E-state index contributed by atoms with van der Waals surface area (Å²) in [5, 5.41) is 2.68. The number of nitrogens with zero attached hydrogens (tertiary/aromatic N) is 1. The second kappa shape index (κ2) is 6.20. The number of hydrogen-bond donors (Lipinski definition) is 1. The third kappa shape index (κ3) is 3.88. The van der Waals surface area contributed by atoms with E-state index in [0.717, 1.165) is 0 Å². The first-order valence-corrected chi connectivity index (χ1v) is 7.66. The highest BCUT2D eigenvalue weighted by atomic mass is 32.2. The van der Waals surface area contributed by atoms with Crippen molar-refractivity contribution in [2.75, 3.05) is 5.32 Å². The zero-order valence-corrected chi connectivity index (χ0v) is 13.2. The number of amides is 1. The molecule has 4 nitrogen and oxygen atoms in total. The predicted molar refractivity (Wildman–Crippen MR) is 85.1 cm³/mol. The number of aromatic nitrogens is 1. The zero-order valence-electron chi connectivity index (χ0n) is 12.3. The number of fused-ring (bicyclic) bond motifs is 1. The van der Waals surface area contributed by atoms with Gasteiger partial charge >= 0.3 is 5.51 Å². The molecular weight excluding hydrogens is 341 g/mol. The second-order valence-corrected chi connectivity index (χ2v) is 6.08. The summed E-state index contributed by atoms with van der Waals surface area (Å²) < 4.78 is 42.2. The maximum Gasteiger partial charge on any atom is 0.446 e. The topological polar surface area (TPSA) is 55.1 Å². The molecular formula is C16H11F3N2O2S. The van der Waals surface area contributed by atoms with E-state index in [2.05, 4.69) is 10.3 Å². The summed E-state index contributed by atoms with van der Waals surface area (Å²) in [5.41, 5.74) is -2.34. The van der Waals surface area contributed by atoms with Crippen LogP contribution in [0.5, 0.6) is 0 Å². The van der Waals surface area contributed by atoms with Crippen LogP contribution >= 0.6 is 11.8 Å². The van der Waals surface area contributed by atoms with Crippen LogP contribution in [0.2, 0.25) is 0 Å². The Bertz CT molecular complexity index is 888. The molecule has 1 aromatic heterocycles. The van der Waals surface area contributed by atoms with E-state index in [0.29, 0.717) is 22.7 Å². The minimum atomic E-state index is -4.35. The van der Waals surface area contributed by atoms with Gasteiger partial charge in [-0.1, -0.05) is 0 Å². The minimum absolute atomic E-state index is 0.0264. The number of oxazole rings is 1. The SMILES string of the molecule is Cc1nc2cc(NC(=O)c3ccc(SC(F)(F)F)cc3)ccc2o1. The number of halogens is 3. The van der Waals surface area contributed by atoms with Gasteiger partial charge in [-0.15, -0.1) is 0 Å². The van der Waals surface area contributed by atoms with Gasteiger partial charge in [-0.2, -0.15) is 13.2 Å². The fourth-order valence-electron chi connectivity index (χ4n) is 2.13. The first-order valence-electron chi connectivity index (χ1n) is 6.84. The molecule has 0 unspecified atom stereocenters. The van der Waals surface area contributed by atoms with Crippen LogP contribution in [0.4, 0.5) is 18.9 Å². The predicted octanol–water partition coefficient (Wildman–Crippen LogP) is 5.00. The van der Waals surface area contributed by atoms with Gasteiger partial charge < -0.3 is 9.73 Å². The van der Waals surface area contributed by atoms with Gasteiger partial charge in [0.05, 0.1) is 0 Å². The summed E-state index contributed by atoms with van der Waals surface area (Å²) in [6.45, 7) is 1.72. The molecule has 0 aliphatic carbocycles. The summed E-state index contributed by atoms with van der Waals surface area (Å²) in [6.07, 6.45) is 0. The second-order valence-electron chi connectivity index (χ2n) is 4.94. The summed E-state index contributed by atoms with van der Waals surface area (Å²) in [4.78, 5) is 16.4. The van der Waals surface area contributed by atoms with Gasteiger partial charge in [-0.3, -0.25) is 4.79 Å². The molecule has 0 bridgehead atoms. The first-order chi connectivity index (χ1) is 11.3.